The van der Waals surface area contributed by atoms with E-state index in [1.165, 1.54) is 12.8 Å². The van der Waals surface area contributed by atoms with Gasteiger partial charge in [0, 0.05) is 25.4 Å². The van der Waals surface area contributed by atoms with Gasteiger partial charge in [0.1, 0.15) is 0 Å². The van der Waals surface area contributed by atoms with Crippen molar-refractivity contribution in [3.63, 3.8) is 0 Å². The first-order valence-corrected chi connectivity index (χ1v) is 6.30. The standard InChI is InChI=1S/C12H22N2O3/c1-9(8-12(16)17)7-11(15)14-6-2-5-13-10-3-4-10/h9-10,13H,2-8H2,1H3,(H,14,15)(H,16,17). The molecule has 1 atom stereocenters. The van der Waals surface area contributed by atoms with E-state index in [0.29, 0.717) is 19.0 Å². The molecule has 5 heteroatoms. The van der Waals surface area contributed by atoms with Crippen LogP contribution in [0.3, 0.4) is 0 Å². The van der Waals surface area contributed by atoms with Crippen molar-refractivity contribution in [1.29, 1.82) is 0 Å². The van der Waals surface area contributed by atoms with Gasteiger partial charge >= 0.3 is 5.97 Å². The predicted molar refractivity (Wildman–Crippen MR) is 64.7 cm³/mol. The van der Waals surface area contributed by atoms with Crippen LogP contribution in [-0.2, 0) is 9.59 Å². The molecule has 0 saturated heterocycles. The first kappa shape index (κ1) is 14.0. The van der Waals surface area contributed by atoms with Crippen LogP contribution >= 0.6 is 0 Å². The quantitative estimate of drug-likeness (QED) is 0.521. The van der Waals surface area contributed by atoms with Crippen LogP contribution in [-0.4, -0.2) is 36.1 Å². The largest absolute Gasteiger partial charge is 0.481 e. The van der Waals surface area contributed by atoms with Crippen molar-refractivity contribution in [2.75, 3.05) is 13.1 Å². The molecule has 0 bridgehead atoms. The Kier molecular flexibility index (Phi) is 5.97. The molecule has 0 aromatic heterocycles. The molecule has 0 aliphatic heterocycles. The smallest absolute Gasteiger partial charge is 0.303 e. The van der Waals surface area contributed by atoms with Crippen molar-refractivity contribution in [2.24, 2.45) is 5.92 Å². The van der Waals surface area contributed by atoms with E-state index in [-0.39, 0.29) is 18.2 Å². The normalized spacial score (nSPS) is 16.5. The molecule has 0 aromatic rings. The van der Waals surface area contributed by atoms with Gasteiger partial charge in [0.05, 0.1) is 0 Å². The number of carboxylic acids is 1. The number of nitrogens with one attached hydrogen (secondary N) is 2. The molecule has 1 rings (SSSR count). The fourth-order valence-corrected chi connectivity index (χ4v) is 1.67. The van der Waals surface area contributed by atoms with Crippen molar-refractivity contribution in [1.82, 2.24) is 10.6 Å². The van der Waals surface area contributed by atoms with E-state index in [1.54, 1.807) is 6.92 Å². The van der Waals surface area contributed by atoms with Crippen LogP contribution in [0.25, 0.3) is 0 Å². The van der Waals surface area contributed by atoms with E-state index in [2.05, 4.69) is 10.6 Å². The van der Waals surface area contributed by atoms with Gasteiger partial charge in [0.25, 0.3) is 0 Å². The second kappa shape index (κ2) is 7.27. The summed E-state index contributed by atoms with van der Waals surface area (Å²) >= 11 is 0. The van der Waals surface area contributed by atoms with Crippen molar-refractivity contribution in [2.45, 2.75) is 45.1 Å². The summed E-state index contributed by atoms with van der Waals surface area (Å²) in [5.74, 6) is -0.999. The first-order chi connectivity index (χ1) is 8.08. The first-order valence-electron chi connectivity index (χ1n) is 6.30. The van der Waals surface area contributed by atoms with Crippen molar-refractivity contribution in [3.8, 4) is 0 Å². The van der Waals surface area contributed by atoms with Gasteiger partial charge in [-0.05, 0) is 31.7 Å². The maximum atomic E-state index is 11.4. The third-order valence-electron chi connectivity index (χ3n) is 2.74. The summed E-state index contributed by atoms with van der Waals surface area (Å²) in [6, 6.07) is 0.710. The fraction of sp³-hybridized carbons (Fsp3) is 0.833. The van der Waals surface area contributed by atoms with Crippen molar-refractivity contribution >= 4 is 11.9 Å². The number of carbonyl (C=O) groups is 2. The lowest BCUT2D eigenvalue weighted by Crippen LogP contribution is -2.29. The van der Waals surface area contributed by atoms with Crippen LogP contribution in [0.2, 0.25) is 0 Å². The van der Waals surface area contributed by atoms with E-state index >= 15 is 0 Å². The highest BCUT2D eigenvalue weighted by Crippen LogP contribution is 2.18. The van der Waals surface area contributed by atoms with E-state index in [4.69, 9.17) is 5.11 Å². The number of rotatable bonds is 9. The molecule has 1 aliphatic rings. The average molecular weight is 242 g/mol. The summed E-state index contributed by atoms with van der Waals surface area (Å²) in [5.41, 5.74) is 0. The number of carboxylic acid groups (broad SMARTS) is 1. The second-order valence-corrected chi connectivity index (χ2v) is 4.84. The SMILES string of the molecule is CC(CC(=O)O)CC(=O)NCCCNC1CC1. The predicted octanol–water partition coefficient (Wildman–Crippen LogP) is 0.746. The molecule has 0 aromatic carbocycles. The number of hydrogen-bond acceptors (Lipinski definition) is 3. The Morgan fingerprint density at radius 1 is 1.29 bits per heavy atom. The van der Waals surface area contributed by atoms with Crippen LogP contribution in [0, 0.1) is 5.92 Å². The number of carbonyl (C=O) groups excluding carboxylic acids is 1. The number of hydrogen-bond donors (Lipinski definition) is 3. The molecule has 0 spiro atoms. The van der Waals surface area contributed by atoms with Crippen LogP contribution in [0.4, 0.5) is 0 Å². The van der Waals surface area contributed by atoms with E-state index in [1.807, 2.05) is 0 Å². The van der Waals surface area contributed by atoms with Gasteiger partial charge in [-0.3, -0.25) is 9.59 Å². The Labute approximate surface area is 102 Å². The molecular weight excluding hydrogens is 220 g/mol. The molecule has 98 valence electrons. The van der Waals surface area contributed by atoms with Gasteiger partial charge in [-0.25, -0.2) is 0 Å². The minimum Gasteiger partial charge on any atom is -0.481 e. The maximum Gasteiger partial charge on any atom is 0.303 e. The van der Waals surface area contributed by atoms with Gasteiger partial charge in [0.15, 0.2) is 0 Å². The minimum atomic E-state index is -0.848. The number of amides is 1. The van der Waals surface area contributed by atoms with Gasteiger partial charge in [-0.2, -0.15) is 0 Å². The molecule has 1 fully saturated rings. The van der Waals surface area contributed by atoms with E-state index in [9.17, 15) is 9.59 Å². The molecular formula is C12H22N2O3. The molecule has 17 heavy (non-hydrogen) atoms. The molecule has 0 heterocycles. The topological polar surface area (TPSA) is 78.4 Å². The Morgan fingerprint density at radius 3 is 2.59 bits per heavy atom. The Hall–Kier alpha value is -1.10. The van der Waals surface area contributed by atoms with Gasteiger partial charge < -0.3 is 15.7 Å². The highest BCUT2D eigenvalue weighted by molar-refractivity contribution is 5.77. The molecule has 0 radical (unpaired) electrons. The molecule has 1 saturated carbocycles. The zero-order valence-electron chi connectivity index (χ0n) is 10.4. The van der Waals surface area contributed by atoms with Crippen molar-refractivity contribution in [3.05, 3.63) is 0 Å². The maximum absolute atomic E-state index is 11.4. The van der Waals surface area contributed by atoms with Gasteiger partial charge in [-0.15, -0.1) is 0 Å². The molecule has 1 unspecified atom stereocenters. The van der Waals surface area contributed by atoms with E-state index < -0.39 is 5.97 Å². The zero-order valence-corrected chi connectivity index (χ0v) is 10.4. The molecule has 1 aliphatic carbocycles. The zero-order chi connectivity index (χ0) is 12.7. The average Bonchev–Trinajstić information content (AvgIpc) is 2.99. The van der Waals surface area contributed by atoms with Crippen LogP contribution in [0.5, 0.6) is 0 Å². The lowest BCUT2D eigenvalue weighted by molar-refractivity contribution is -0.138. The summed E-state index contributed by atoms with van der Waals surface area (Å²) in [5, 5.41) is 14.7. The molecule has 1 amide bonds. The van der Waals surface area contributed by atoms with Crippen LogP contribution in [0.1, 0.15) is 39.0 Å². The number of aliphatic carboxylic acids is 1. The van der Waals surface area contributed by atoms with Gasteiger partial charge in [-0.1, -0.05) is 6.92 Å². The highest BCUT2D eigenvalue weighted by Gasteiger charge is 2.19. The highest BCUT2D eigenvalue weighted by atomic mass is 16.4. The van der Waals surface area contributed by atoms with Crippen molar-refractivity contribution < 1.29 is 14.7 Å². The molecule has 5 nitrogen and oxygen atoms in total. The van der Waals surface area contributed by atoms with Crippen LogP contribution in [0.15, 0.2) is 0 Å². The summed E-state index contributed by atoms with van der Waals surface area (Å²) in [7, 11) is 0. The Balaban J connectivity index is 1.93. The minimum absolute atomic E-state index is 0.0508. The Morgan fingerprint density at radius 2 is 2.00 bits per heavy atom. The second-order valence-electron chi connectivity index (χ2n) is 4.84. The van der Waals surface area contributed by atoms with Gasteiger partial charge in [0.2, 0.25) is 5.91 Å². The lowest BCUT2D eigenvalue weighted by atomic mass is 10.0. The summed E-state index contributed by atoms with van der Waals surface area (Å²) in [4.78, 5) is 21.8. The molecule has 3 N–H and O–H groups in total. The fourth-order valence-electron chi connectivity index (χ4n) is 1.67. The Bertz CT molecular complexity index is 264. The summed E-state index contributed by atoms with van der Waals surface area (Å²) in [6.45, 7) is 3.39. The monoisotopic (exact) mass is 242 g/mol. The summed E-state index contributed by atoms with van der Waals surface area (Å²) in [6.07, 6.45) is 3.83. The lowest BCUT2D eigenvalue weighted by Gasteiger charge is -2.09. The summed E-state index contributed by atoms with van der Waals surface area (Å²) < 4.78 is 0. The van der Waals surface area contributed by atoms with E-state index in [0.717, 1.165) is 13.0 Å². The van der Waals surface area contributed by atoms with Crippen LogP contribution < -0.4 is 10.6 Å². The third kappa shape index (κ3) is 7.74. The third-order valence-corrected chi connectivity index (χ3v) is 2.74.